The molecule has 0 unspecified atom stereocenters. The molecular weight excluding hydrogens is 312 g/mol. The van der Waals surface area contributed by atoms with E-state index < -0.39 is 9.84 Å². The number of carbonyl (C=O) groups is 1. The van der Waals surface area contributed by atoms with Gasteiger partial charge in [-0.25, -0.2) is 8.42 Å². The number of hydrogen-bond acceptors (Lipinski definition) is 4. The van der Waals surface area contributed by atoms with Gasteiger partial charge in [-0.05, 0) is 36.8 Å². The summed E-state index contributed by atoms with van der Waals surface area (Å²) in [5.74, 6) is -0.0489. The lowest BCUT2D eigenvalue weighted by molar-refractivity contribution is 0.104. The molecular formula is C18H18O4S. The smallest absolute Gasteiger partial charge is 0.185 e. The number of allylic oxidation sites excluding steroid dienone is 1. The standard InChI is InChI=1S/C18H18O4S/c1-13-5-4-6-14(11-13)7-9-16(19)15-8-10-18(23(3,20)21)17(12-15)22-2/h4-12H,1-3H3. The molecule has 4 nitrogen and oxygen atoms in total. The molecule has 0 aliphatic carbocycles. The molecule has 0 saturated carbocycles. The van der Waals surface area contributed by atoms with Crippen molar-refractivity contribution < 1.29 is 17.9 Å². The number of ketones is 1. The quantitative estimate of drug-likeness (QED) is 0.623. The fourth-order valence-electron chi connectivity index (χ4n) is 2.17. The van der Waals surface area contributed by atoms with E-state index in [1.165, 1.54) is 31.4 Å². The van der Waals surface area contributed by atoms with Crippen LogP contribution in [0, 0.1) is 6.92 Å². The van der Waals surface area contributed by atoms with E-state index in [1.807, 2.05) is 31.2 Å². The maximum absolute atomic E-state index is 12.2. The summed E-state index contributed by atoms with van der Waals surface area (Å²) in [6, 6.07) is 12.1. The lowest BCUT2D eigenvalue weighted by Gasteiger charge is -2.08. The maximum atomic E-state index is 12.2. The van der Waals surface area contributed by atoms with Crippen molar-refractivity contribution in [2.45, 2.75) is 11.8 Å². The first-order valence-corrected chi connectivity index (χ1v) is 8.87. The highest BCUT2D eigenvalue weighted by Gasteiger charge is 2.16. The zero-order valence-electron chi connectivity index (χ0n) is 13.2. The van der Waals surface area contributed by atoms with Crippen LogP contribution in [-0.2, 0) is 9.84 Å². The van der Waals surface area contributed by atoms with Crippen LogP contribution in [0.25, 0.3) is 6.08 Å². The molecule has 0 aliphatic heterocycles. The Morgan fingerprint density at radius 2 is 1.87 bits per heavy atom. The fraction of sp³-hybridized carbons (Fsp3) is 0.167. The van der Waals surface area contributed by atoms with Crippen molar-refractivity contribution in [3.05, 3.63) is 65.2 Å². The van der Waals surface area contributed by atoms with Gasteiger partial charge in [0.15, 0.2) is 15.6 Å². The van der Waals surface area contributed by atoms with Gasteiger partial charge in [-0.1, -0.05) is 35.9 Å². The first-order valence-electron chi connectivity index (χ1n) is 6.98. The second kappa shape index (κ2) is 6.79. The number of sulfone groups is 1. The molecule has 0 bridgehead atoms. The molecule has 0 atom stereocenters. The Balaban J connectivity index is 2.30. The molecule has 2 aromatic carbocycles. The van der Waals surface area contributed by atoms with Crippen LogP contribution in [-0.4, -0.2) is 27.6 Å². The summed E-state index contributed by atoms with van der Waals surface area (Å²) >= 11 is 0. The maximum Gasteiger partial charge on any atom is 0.185 e. The molecule has 0 aromatic heterocycles. The molecule has 0 radical (unpaired) electrons. The molecule has 0 N–H and O–H groups in total. The van der Waals surface area contributed by atoms with Gasteiger partial charge in [-0.15, -0.1) is 0 Å². The predicted octanol–water partition coefficient (Wildman–Crippen LogP) is 3.30. The van der Waals surface area contributed by atoms with E-state index in [0.717, 1.165) is 17.4 Å². The van der Waals surface area contributed by atoms with Crippen molar-refractivity contribution in [1.82, 2.24) is 0 Å². The van der Waals surface area contributed by atoms with Crippen molar-refractivity contribution in [2.75, 3.05) is 13.4 Å². The molecule has 0 saturated heterocycles. The third-order valence-corrected chi connectivity index (χ3v) is 4.45. The third-order valence-electron chi connectivity index (χ3n) is 3.32. The molecule has 120 valence electrons. The lowest BCUT2D eigenvalue weighted by Crippen LogP contribution is -2.03. The molecule has 0 fully saturated rings. The van der Waals surface area contributed by atoms with Gasteiger partial charge >= 0.3 is 0 Å². The summed E-state index contributed by atoms with van der Waals surface area (Å²) in [6.45, 7) is 1.98. The Labute approximate surface area is 136 Å². The van der Waals surface area contributed by atoms with Gasteiger partial charge in [0.25, 0.3) is 0 Å². The van der Waals surface area contributed by atoms with Crippen molar-refractivity contribution in [3.63, 3.8) is 0 Å². The minimum absolute atomic E-state index is 0.0687. The van der Waals surface area contributed by atoms with Crippen molar-refractivity contribution in [3.8, 4) is 5.75 Å². The number of hydrogen-bond donors (Lipinski definition) is 0. The summed E-state index contributed by atoms with van der Waals surface area (Å²) in [4.78, 5) is 12.3. The number of aryl methyl sites for hydroxylation is 1. The number of carbonyl (C=O) groups excluding carboxylic acids is 1. The largest absolute Gasteiger partial charge is 0.495 e. The molecule has 0 spiro atoms. The zero-order valence-corrected chi connectivity index (χ0v) is 14.1. The summed E-state index contributed by atoms with van der Waals surface area (Å²) in [6.07, 6.45) is 4.29. The van der Waals surface area contributed by atoms with Crippen molar-refractivity contribution in [2.24, 2.45) is 0 Å². The van der Waals surface area contributed by atoms with E-state index in [0.29, 0.717) is 5.56 Å². The second-order valence-corrected chi connectivity index (χ2v) is 7.23. The van der Waals surface area contributed by atoms with Crippen LogP contribution < -0.4 is 4.74 Å². The predicted molar refractivity (Wildman–Crippen MR) is 90.6 cm³/mol. The van der Waals surface area contributed by atoms with Crippen molar-refractivity contribution in [1.29, 1.82) is 0 Å². The van der Waals surface area contributed by atoms with E-state index >= 15 is 0 Å². The van der Waals surface area contributed by atoms with Crippen molar-refractivity contribution >= 4 is 21.7 Å². The summed E-state index contributed by atoms with van der Waals surface area (Å²) in [5.41, 5.74) is 2.41. The van der Waals surface area contributed by atoms with Crippen LogP contribution in [0.1, 0.15) is 21.5 Å². The monoisotopic (exact) mass is 330 g/mol. The normalized spacial score (nSPS) is 11.6. The highest BCUT2D eigenvalue weighted by atomic mass is 32.2. The minimum atomic E-state index is -3.40. The molecule has 0 aliphatic rings. The van der Waals surface area contributed by atoms with Crippen LogP contribution in [0.5, 0.6) is 5.75 Å². The summed E-state index contributed by atoms with van der Waals surface area (Å²) < 4.78 is 28.4. The van der Waals surface area contributed by atoms with Gasteiger partial charge in [0.05, 0.1) is 7.11 Å². The molecule has 0 amide bonds. The average molecular weight is 330 g/mol. The lowest BCUT2D eigenvalue weighted by atomic mass is 10.1. The second-order valence-electron chi connectivity index (χ2n) is 5.25. The SMILES string of the molecule is COc1cc(C(=O)C=Cc2cccc(C)c2)ccc1S(C)(=O)=O. The van der Waals surface area contributed by atoms with Gasteiger partial charge in [0.2, 0.25) is 0 Å². The summed E-state index contributed by atoms with van der Waals surface area (Å²) in [5, 5.41) is 0. The third kappa shape index (κ3) is 4.29. The highest BCUT2D eigenvalue weighted by Crippen LogP contribution is 2.25. The number of rotatable bonds is 5. The Morgan fingerprint density at radius 1 is 1.13 bits per heavy atom. The van der Waals surface area contributed by atoms with E-state index in [-0.39, 0.29) is 16.4 Å². The zero-order chi connectivity index (χ0) is 17.0. The molecule has 23 heavy (non-hydrogen) atoms. The number of methoxy groups -OCH3 is 1. The van der Waals surface area contributed by atoms with E-state index in [1.54, 1.807) is 6.08 Å². The number of ether oxygens (including phenoxy) is 1. The van der Waals surface area contributed by atoms with Gasteiger partial charge in [0, 0.05) is 11.8 Å². The molecule has 5 heteroatoms. The topological polar surface area (TPSA) is 60.4 Å². The minimum Gasteiger partial charge on any atom is -0.495 e. The molecule has 2 aromatic rings. The summed E-state index contributed by atoms with van der Waals surface area (Å²) in [7, 11) is -2.03. The van der Waals surface area contributed by atoms with E-state index in [9.17, 15) is 13.2 Å². The van der Waals surface area contributed by atoms with E-state index in [2.05, 4.69) is 0 Å². The number of benzene rings is 2. The average Bonchev–Trinajstić information content (AvgIpc) is 2.51. The van der Waals surface area contributed by atoms with Crippen LogP contribution >= 0.6 is 0 Å². The molecule has 2 rings (SSSR count). The fourth-order valence-corrected chi connectivity index (χ4v) is 2.99. The first-order chi connectivity index (χ1) is 10.8. The van der Waals surface area contributed by atoms with E-state index in [4.69, 9.17) is 4.74 Å². The van der Waals surface area contributed by atoms with Gasteiger partial charge in [-0.2, -0.15) is 0 Å². The Morgan fingerprint density at radius 3 is 2.48 bits per heavy atom. The first kappa shape index (κ1) is 17.0. The van der Waals surface area contributed by atoms with Gasteiger partial charge < -0.3 is 4.74 Å². The Kier molecular flexibility index (Phi) is 5.01. The highest BCUT2D eigenvalue weighted by molar-refractivity contribution is 7.90. The van der Waals surface area contributed by atoms with Crippen LogP contribution in [0.2, 0.25) is 0 Å². The molecule has 0 heterocycles. The van der Waals surface area contributed by atoms with Crippen LogP contribution in [0.15, 0.2) is 53.4 Å². The van der Waals surface area contributed by atoms with Gasteiger partial charge in [0.1, 0.15) is 10.6 Å². The van der Waals surface area contributed by atoms with Crippen LogP contribution in [0.4, 0.5) is 0 Å². The van der Waals surface area contributed by atoms with Crippen LogP contribution in [0.3, 0.4) is 0 Å². The Bertz CT molecular complexity index is 864. The Hall–Kier alpha value is -2.40. The van der Waals surface area contributed by atoms with Gasteiger partial charge in [-0.3, -0.25) is 4.79 Å².